The van der Waals surface area contributed by atoms with Crippen molar-refractivity contribution in [1.82, 2.24) is 20.5 Å². The molecule has 2 aromatic rings. The number of amides is 1. The molecule has 3 rings (SSSR count). The van der Waals surface area contributed by atoms with Crippen molar-refractivity contribution in [2.75, 3.05) is 38.0 Å². The predicted molar refractivity (Wildman–Crippen MR) is 123 cm³/mol. The van der Waals surface area contributed by atoms with Gasteiger partial charge in [-0.1, -0.05) is 12.5 Å². The highest BCUT2D eigenvalue weighted by Crippen LogP contribution is 2.25. The Morgan fingerprint density at radius 3 is 2.74 bits per heavy atom. The van der Waals surface area contributed by atoms with Crippen LogP contribution in [0.4, 0.5) is 5.82 Å². The van der Waals surface area contributed by atoms with Gasteiger partial charge in [0.05, 0.1) is 18.8 Å². The van der Waals surface area contributed by atoms with Gasteiger partial charge in [-0.3, -0.25) is 14.7 Å². The third-order valence-electron chi connectivity index (χ3n) is 5.29. The number of likely N-dealkylation sites (tertiary alicyclic amines) is 1. The lowest BCUT2D eigenvalue weighted by atomic mass is 10.1. The van der Waals surface area contributed by atoms with Crippen LogP contribution in [0.25, 0.3) is 0 Å². The zero-order valence-corrected chi connectivity index (χ0v) is 18.6. The van der Waals surface area contributed by atoms with Crippen molar-refractivity contribution in [3.8, 4) is 0 Å². The second kappa shape index (κ2) is 12.1. The normalized spacial score (nSPS) is 16.0. The van der Waals surface area contributed by atoms with Crippen molar-refractivity contribution in [3.63, 3.8) is 0 Å². The van der Waals surface area contributed by atoms with E-state index in [2.05, 4.69) is 25.8 Å². The molecule has 1 aliphatic heterocycles. The molecule has 1 aliphatic rings. The first-order valence-electron chi connectivity index (χ1n) is 11.2. The molecule has 0 aromatic carbocycles. The molecule has 0 radical (unpaired) electrons. The van der Waals surface area contributed by atoms with Crippen LogP contribution in [-0.2, 0) is 4.79 Å². The van der Waals surface area contributed by atoms with Crippen molar-refractivity contribution >= 4 is 17.7 Å². The van der Waals surface area contributed by atoms with Crippen LogP contribution in [0.3, 0.4) is 0 Å². The van der Waals surface area contributed by atoms with Gasteiger partial charge in [0.2, 0.25) is 5.91 Å². The van der Waals surface area contributed by atoms with Gasteiger partial charge in [0, 0.05) is 25.7 Å². The molecular formula is C23H34N6O2. The number of carbonyl (C=O) groups excluding carboxylic acids is 1. The molecule has 1 saturated heterocycles. The van der Waals surface area contributed by atoms with Crippen LogP contribution in [0.1, 0.15) is 50.0 Å². The smallest absolute Gasteiger partial charge is 0.227 e. The highest BCUT2D eigenvalue weighted by Gasteiger charge is 2.24. The van der Waals surface area contributed by atoms with E-state index in [1.165, 1.54) is 19.3 Å². The van der Waals surface area contributed by atoms with Crippen molar-refractivity contribution < 1.29 is 9.21 Å². The third kappa shape index (κ3) is 7.40. The Bertz CT molecular complexity index is 813. The number of piperidine rings is 1. The lowest BCUT2D eigenvalue weighted by Gasteiger charge is -2.32. The summed E-state index contributed by atoms with van der Waals surface area (Å²) in [6.45, 7) is 7.96. The standard InChI is InChI=1S/C23H34N6O2/c1-3-24-23(25-12-11-22(30)28-21-10-9-18(2)16-26-21)27-17-19(20-8-7-15-31-20)29-13-5-4-6-14-29/h7-10,15-16,19H,3-6,11-14,17H2,1-2H3,(H2,24,25,27)(H,26,28,30). The van der Waals surface area contributed by atoms with E-state index in [4.69, 9.17) is 9.41 Å². The van der Waals surface area contributed by atoms with Gasteiger partial charge in [-0.05, 0) is 63.5 Å². The number of pyridine rings is 1. The minimum absolute atomic E-state index is 0.0820. The van der Waals surface area contributed by atoms with Gasteiger partial charge in [0.15, 0.2) is 5.96 Å². The molecule has 2 aromatic heterocycles. The summed E-state index contributed by atoms with van der Waals surface area (Å²) < 4.78 is 5.71. The first-order valence-corrected chi connectivity index (χ1v) is 11.2. The fourth-order valence-electron chi connectivity index (χ4n) is 3.66. The van der Waals surface area contributed by atoms with Gasteiger partial charge in [-0.25, -0.2) is 4.98 Å². The molecule has 3 heterocycles. The number of carbonyl (C=O) groups is 1. The van der Waals surface area contributed by atoms with E-state index in [1.54, 1.807) is 12.5 Å². The second-order valence-electron chi connectivity index (χ2n) is 7.79. The zero-order valence-electron chi connectivity index (χ0n) is 18.6. The minimum Gasteiger partial charge on any atom is -0.468 e. The van der Waals surface area contributed by atoms with Crippen LogP contribution in [0.15, 0.2) is 46.1 Å². The molecule has 0 aliphatic carbocycles. The molecule has 1 amide bonds. The van der Waals surface area contributed by atoms with E-state index in [0.29, 0.717) is 31.3 Å². The minimum atomic E-state index is -0.0820. The molecule has 8 heteroatoms. The number of nitrogens with zero attached hydrogens (tertiary/aromatic N) is 3. The number of aryl methyl sites for hydroxylation is 1. The fraction of sp³-hybridized carbons (Fsp3) is 0.522. The van der Waals surface area contributed by atoms with Crippen molar-refractivity contribution in [3.05, 3.63) is 48.0 Å². The van der Waals surface area contributed by atoms with Crippen LogP contribution in [0.2, 0.25) is 0 Å². The van der Waals surface area contributed by atoms with Crippen LogP contribution < -0.4 is 16.0 Å². The maximum atomic E-state index is 12.2. The molecule has 1 fully saturated rings. The Labute approximate surface area is 184 Å². The molecule has 8 nitrogen and oxygen atoms in total. The SMILES string of the molecule is CCNC(=NCC(c1ccco1)N1CCCCC1)NCCC(=O)Nc1ccc(C)cn1. The zero-order chi connectivity index (χ0) is 21.9. The topological polar surface area (TPSA) is 94.8 Å². The Morgan fingerprint density at radius 1 is 1.23 bits per heavy atom. The van der Waals surface area contributed by atoms with E-state index in [9.17, 15) is 4.79 Å². The monoisotopic (exact) mass is 426 g/mol. The molecule has 168 valence electrons. The molecule has 0 saturated carbocycles. The third-order valence-corrected chi connectivity index (χ3v) is 5.29. The lowest BCUT2D eigenvalue weighted by molar-refractivity contribution is -0.116. The summed E-state index contributed by atoms with van der Waals surface area (Å²) in [6, 6.07) is 7.82. The number of furan rings is 1. The number of rotatable bonds is 9. The summed E-state index contributed by atoms with van der Waals surface area (Å²) in [5.41, 5.74) is 1.06. The van der Waals surface area contributed by atoms with E-state index in [1.807, 2.05) is 38.1 Å². The van der Waals surface area contributed by atoms with Crippen molar-refractivity contribution in [2.24, 2.45) is 4.99 Å². The lowest BCUT2D eigenvalue weighted by Crippen LogP contribution is -2.40. The van der Waals surface area contributed by atoms with E-state index in [0.717, 1.165) is 31.0 Å². The summed E-state index contributed by atoms with van der Waals surface area (Å²) in [7, 11) is 0. The van der Waals surface area contributed by atoms with Crippen LogP contribution in [0, 0.1) is 6.92 Å². The number of hydrogen-bond donors (Lipinski definition) is 3. The van der Waals surface area contributed by atoms with Gasteiger partial charge in [-0.2, -0.15) is 0 Å². The highest BCUT2D eigenvalue weighted by molar-refractivity contribution is 5.90. The maximum Gasteiger partial charge on any atom is 0.227 e. The fourth-order valence-corrected chi connectivity index (χ4v) is 3.66. The molecular weight excluding hydrogens is 392 g/mol. The average molecular weight is 427 g/mol. The number of nitrogens with one attached hydrogen (secondary N) is 3. The first-order chi connectivity index (χ1) is 15.2. The summed E-state index contributed by atoms with van der Waals surface area (Å²) in [4.78, 5) is 23.6. The van der Waals surface area contributed by atoms with E-state index in [-0.39, 0.29) is 11.9 Å². The number of hydrogen-bond acceptors (Lipinski definition) is 5. The Balaban J connectivity index is 1.53. The summed E-state index contributed by atoms with van der Waals surface area (Å²) in [5.74, 6) is 2.14. The van der Waals surface area contributed by atoms with Gasteiger partial charge >= 0.3 is 0 Å². The maximum absolute atomic E-state index is 12.2. The van der Waals surface area contributed by atoms with E-state index < -0.39 is 0 Å². The number of aromatic nitrogens is 1. The number of guanidine groups is 1. The van der Waals surface area contributed by atoms with Crippen LogP contribution in [0.5, 0.6) is 0 Å². The largest absolute Gasteiger partial charge is 0.468 e. The summed E-state index contributed by atoms with van der Waals surface area (Å²) >= 11 is 0. The van der Waals surface area contributed by atoms with Gasteiger partial charge < -0.3 is 20.4 Å². The summed E-state index contributed by atoms with van der Waals surface area (Å²) in [5, 5.41) is 9.34. The van der Waals surface area contributed by atoms with Crippen LogP contribution in [-0.4, -0.2) is 54.5 Å². The molecule has 0 spiro atoms. The molecule has 1 atom stereocenters. The van der Waals surface area contributed by atoms with Crippen molar-refractivity contribution in [1.29, 1.82) is 0 Å². The summed E-state index contributed by atoms with van der Waals surface area (Å²) in [6.07, 6.45) is 7.50. The van der Waals surface area contributed by atoms with Crippen LogP contribution >= 0.6 is 0 Å². The number of anilines is 1. The Morgan fingerprint density at radius 2 is 2.06 bits per heavy atom. The van der Waals surface area contributed by atoms with Crippen molar-refractivity contribution in [2.45, 2.75) is 45.6 Å². The highest BCUT2D eigenvalue weighted by atomic mass is 16.3. The van der Waals surface area contributed by atoms with Gasteiger partial charge in [0.1, 0.15) is 11.6 Å². The molecule has 0 bridgehead atoms. The first kappa shape index (κ1) is 22.8. The Kier molecular flexibility index (Phi) is 8.90. The second-order valence-corrected chi connectivity index (χ2v) is 7.79. The molecule has 31 heavy (non-hydrogen) atoms. The van der Waals surface area contributed by atoms with E-state index >= 15 is 0 Å². The Hall–Kier alpha value is -2.87. The number of aliphatic imine (C=N–C) groups is 1. The predicted octanol–water partition coefficient (Wildman–Crippen LogP) is 3.09. The van der Waals surface area contributed by atoms with Gasteiger partial charge in [-0.15, -0.1) is 0 Å². The van der Waals surface area contributed by atoms with Gasteiger partial charge in [0.25, 0.3) is 0 Å². The average Bonchev–Trinajstić information content (AvgIpc) is 3.31. The quantitative estimate of drug-likeness (QED) is 0.421. The molecule has 3 N–H and O–H groups in total. The molecule has 1 unspecified atom stereocenters.